The first-order valence-corrected chi connectivity index (χ1v) is 13.5. The second-order valence-electron chi connectivity index (χ2n) is 8.89. The number of aromatic nitrogens is 1. The van der Waals surface area contributed by atoms with E-state index < -0.39 is 0 Å². The number of nitrogens with zero attached hydrogens (tertiary/aromatic N) is 2. The number of methoxy groups -OCH3 is 1. The van der Waals surface area contributed by atoms with Gasteiger partial charge in [0.1, 0.15) is 17.6 Å². The molecule has 0 unspecified atom stereocenters. The summed E-state index contributed by atoms with van der Waals surface area (Å²) in [4.78, 5) is 20.6. The zero-order chi connectivity index (χ0) is 26.5. The number of hydrogen-bond donors (Lipinski definition) is 2. The van der Waals surface area contributed by atoms with E-state index in [1.807, 2.05) is 59.5 Å². The number of amides is 1. The van der Waals surface area contributed by atoms with Crippen LogP contribution >= 0.6 is 24.0 Å². The number of para-hydroxylation sites is 2. The Morgan fingerprint density at radius 2 is 1.89 bits per heavy atom. The molecular formula is C29H28N4O3S2. The van der Waals surface area contributed by atoms with Gasteiger partial charge in [-0.2, -0.15) is 0 Å². The molecule has 38 heavy (non-hydrogen) atoms. The number of nitrogens with one attached hydrogen (secondary N) is 2. The van der Waals surface area contributed by atoms with Gasteiger partial charge in [0, 0.05) is 24.1 Å². The number of carbonyl (C=O) groups is 1. The van der Waals surface area contributed by atoms with Gasteiger partial charge in [-0.3, -0.25) is 9.78 Å². The third-order valence-corrected chi connectivity index (χ3v) is 7.57. The molecule has 1 fully saturated rings. The van der Waals surface area contributed by atoms with Crippen LogP contribution in [0.2, 0.25) is 0 Å². The van der Waals surface area contributed by atoms with Gasteiger partial charge in [0.25, 0.3) is 0 Å². The maximum atomic E-state index is 12.9. The molecule has 2 aromatic heterocycles. The van der Waals surface area contributed by atoms with Crippen molar-refractivity contribution in [3.05, 3.63) is 102 Å². The number of pyridine rings is 1. The molecule has 2 atom stereocenters. The summed E-state index contributed by atoms with van der Waals surface area (Å²) < 4.78 is 11.7. The summed E-state index contributed by atoms with van der Waals surface area (Å²) in [5, 5.41) is 7.68. The largest absolute Gasteiger partial charge is 0.495 e. The predicted molar refractivity (Wildman–Crippen MR) is 152 cm³/mol. The average Bonchev–Trinajstić information content (AvgIpc) is 3.53. The van der Waals surface area contributed by atoms with E-state index >= 15 is 0 Å². The van der Waals surface area contributed by atoms with E-state index in [2.05, 4.69) is 46.8 Å². The molecule has 194 valence electrons. The van der Waals surface area contributed by atoms with Gasteiger partial charge in [-0.25, -0.2) is 0 Å². The van der Waals surface area contributed by atoms with Crippen molar-refractivity contribution in [1.82, 2.24) is 15.2 Å². The van der Waals surface area contributed by atoms with Gasteiger partial charge in [0.05, 0.1) is 24.5 Å². The Morgan fingerprint density at radius 1 is 1.11 bits per heavy atom. The first-order valence-electron chi connectivity index (χ1n) is 12.3. The molecule has 0 radical (unpaired) electrons. The zero-order valence-corrected chi connectivity index (χ0v) is 22.7. The first kappa shape index (κ1) is 25.8. The van der Waals surface area contributed by atoms with Gasteiger partial charge in [-0.15, -0.1) is 0 Å². The highest BCUT2D eigenvalue weighted by atomic mass is 32.2. The second-order valence-corrected chi connectivity index (χ2v) is 10.4. The lowest BCUT2D eigenvalue weighted by Crippen LogP contribution is -2.32. The van der Waals surface area contributed by atoms with Crippen molar-refractivity contribution in [3.8, 4) is 5.75 Å². The number of aryl methyl sites for hydroxylation is 1. The third-order valence-electron chi connectivity index (χ3n) is 6.29. The van der Waals surface area contributed by atoms with Crippen LogP contribution in [0.4, 0.5) is 5.69 Å². The number of hydrogen-bond acceptors (Lipinski definition) is 6. The molecular weight excluding hydrogens is 516 g/mol. The van der Waals surface area contributed by atoms with E-state index in [-0.39, 0.29) is 24.4 Å². The molecule has 7 nitrogen and oxygen atoms in total. The summed E-state index contributed by atoms with van der Waals surface area (Å²) in [5.41, 5.74) is 2.70. The van der Waals surface area contributed by atoms with Crippen LogP contribution in [0.5, 0.6) is 5.75 Å². The molecule has 2 N–H and O–H groups in total. The van der Waals surface area contributed by atoms with Crippen molar-refractivity contribution in [2.24, 2.45) is 0 Å². The number of furan rings is 1. The van der Waals surface area contributed by atoms with Gasteiger partial charge in [0.2, 0.25) is 5.91 Å². The van der Waals surface area contributed by atoms with Gasteiger partial charge < -0.3 is 24.7 Å². The summed E-state index contributed by atoms with van der Waals surface area (Å²) >= 11 is 7.30. The van der Waals surface area contributed by atoms with Crippen LogP contribution in [-0.4, -0.2) is 34.6 Å². The first-order chi connectivity index (χ1) is 18.5. The Bertz CT molecular complexity index is 1410. The summed E-state index contributed by atoms with van der Waals surface area (Å²) in [6.07, 6.45) is 2.00. The lowest BCUT2D eigenvalue weighted by atomic mass is 10.0. The van der Waals surface area contributed by atoms with Crippen LogP contribution in [0.3, 0.4) is 0 Å². The molecule has 9 heteroatoms. The van der Waals surface area contributed by atoms with Gasteiger partial charge >= 0.3 is 0 Å². The quantitative estimate of drug-likeness (QED) is 0.243. The Labute approximate surface area is 231 Å². The molecule has 1 aliphatic rings. The van der Waals surface area contributed by atoms with Gasteiger partial charge in [0.15, 0.2) is 10.2 Å². The smallest absolute Gasteiger partial charge is 0.226 e. The van der Waals surface area contributed by atoms with E-state index in [1.165, 1.54) is 5.56 Å². The van der Waals surface area contributed by atoms with Crippen molar-refractivity contribution in [2.45, 2.75) is 35.4 Å². The summed E-state index contributed by atoms with van der Waals surface area (Å²) in [7, 11) is 1.58. The number of anilines is 1. The Hall–Kier alpha value is -3.82. The molecule has 2 aromatic carbocycles. The van der Waals surface area contributed by atoms with Crippen LogP contribution < -0.4 is 15.4 Å². The summed E-state index contributed by atoms with van der Waals surface area (Å²) in [5.74, 6) is 1.24. The maximum Gasteiger partial charge on any atom is 0.226 e. The fourth-order valence-corrected chi connectivity index (χ4v) is 5.52. The zero-order valence-electron chi connectivity index (χ0n) is 21.1. The molecule has 1 saturated heterocycles. The average molecular weight is 545 g/mol. The number of benzene rings is 2. The van der Waals surface area contributed by atoms with E-state index in [9.17, 15) is 4.79 Å². The Balaban J connectivity index is 1.36. The SMILES string of the molecule is COc1ccccc1NC(=O)CCN1C(=S)N[C@@H](c2ccccn2)[C@H]1c1ccc(Sc2ccc(C)cc2)o1. The highest BCUT2D eigenvalue weighted by Crippen LogP contribution is 2.41. The van der Waals surface area contributed by atoms with Gasteiger partial charge in [-0.05, 0) is 67.7 Å². The minimum Gasteiger partial charge on any atom is -0.495 e. The highest BCUT2D eigenvalue weighted by molar-refractivity contribution is 7.99. The molecule has 1 aliphatic heterocycles. The van der Waals surface area contributed by atoms with Crippen molar-refractivity contribution >= 4 is 40.7 Å². The summed E-state index contributed by atoms with van der Waals surface area (Å²) in [6.45, 7) is 2.47. The third kappa shape index (κ3) is 5.84. The topological polar surface area (TPSA) is 79.6 Å². The molecule has 0 aliphatic carbocycles. The fourth-order valence-electron chi connectivity index (χ4n) is 4.41. The van der Waals surface area contributed by atoms with Gasteiger partial charge in [-0.1, -0.05) is 47.7 Å². The molecule has 1 amide bonds. The second kappa shape index (κ2) is 11.7. The number of carbonyl (C=O) groups excluding carboxylic acids is 1. The van der Waals surface area contributed by atoms with Crippen LogP contribution in [0.1, 0.15) is 35.5 Å². The van der Waals surface area contributed by atoms with Crippen LogP contribution in [0.25, 0.3) is 0 Å². The van der Waals surface area contributed by atoms with Crippen molar-refractivity contribution < 1.29 is 13.9 Å². The predicted octanol–water partition coefficient (Wildman–Crippen LogP) is 6.14. The monoisotopic (exact) mass is 544 g/mol. The Morgan fingerprint density at radius 3 is 2.66 bits per heavy atom. The lowest BCUT2D eigenvalue weighted by molar-refractivity contribution is -0.116. The minimum absolute atomic E-state index is 0.132. The molecule has 5 rings (SSSR count). The molecule has 0 bridgehead atoms. The normalized spacial score (nSPS) is 16.8. The highest BCUT2D eigenvalue weighted by Gasteiger charge is 2.41. The molecule has 4 aromatic rings. The van der Waals surface area contributed by atoms with E-state index in [0.29, 0.717) is 23.1 Å². The van der Waals surface area contributed by atoms with E-state index in [0.717, 1.165) is 21.4 Å². The number of rotatable bonds is 9. The molecule has 3 heterocycles. The van der Waals surface area contributed by atoms with Crippen LogP contribution in [-0.2, 0) is 4.79 Å². The minimum atomic E-state index is -0.260. The number of thiocarbonyl (C=S) groups is 1. The van der Waals surface area contributed by atoms with Crippen LogP contribution in [0, 0.1) is 6.92 Å². The summed E-state index contributed by atoms with van der Waals surface area (Å²) in [6, 6.07) is 25.0. The lowest BCUT2D eigenvalue weighted by Gasteiger charge is -2.25. The van der Waals surface area contributed by atoms with Crippen molar-refractivity contribution in [3.63, 3.8) is 0 Å². The van der Waals surface area contributed by atoms with Crippen molar-refractivity contribution in [2.75, 3.05) is 19.0 Å². The standard InChI is InChI=1S/C29H28N4O3S2/c1-19-10-12-20(13-11-19)38-26-15-14-24(36-26)28-27(22-8-5-6-17-30-22)32-29(37)33(28)18-16-25(34)31-21-7-3-4-9-23(21)35-2/h3-15,17,27-28H,16,18H2,1-2H3,(H,31,34)(H,32,37)/t27-,28+/m0/s1. The van der Waals surface area contributed by atoms with E-state index in [4.69, 9.17) is 21.4 Å². The molecule has 0 spiro atoms. The molecule has 0 saturated carbocycles. The maximum absolute atomic E-state index is 12.9. The van der Waals surface area contributed by atoms with Crippen molar-refractivity contribution in [1.29, 1.82) is 0 Å². The van der Waals surface area contributed by atoms with E-state index in [1.54, 1.807) is 25.1 Å². The Kier molecular flexibility index (Phi) is 7.95. The van der Waals surface area contributed by atoms with Crippen LogP contribution in [0.15, 0.2) is 99.5 Å². The fraction of sp³-hybridized carbons (Fsp3) is 0.207. The number of ether oxygens (including phenoxy) is 1.